The number of nitrogens with one attached hydrogen (secondary N) is 3. The van der Waals surface area contributed by atoms with Crippen LogP contribution >= 0.6 is 11.3 Å². The Labute approximate surface area is 160 Å². The van der Waals surface area contributed by atoms with Gasteiger partial charge in [-0.2, -0.15) is 0 Å². The average Bonchev–Trinajstić information content (AvgIpc) is 3.26. The quantitative estimate of drug-likeness (QED) is 0.672. The first-order valence-electron chi connectivity index (χ1n) is 8.61. The largest absolute Gasteiger partial charge is 0.494 e. The van der Waals surface area contributed by atoms with Crippen LogP contribution in [-0.2, 0) is 20.8 Å². The van der Waals surface area contributed by atoms with Crippen molar-refractivity contribution in [2.24, 2.45) is 0 Å². The number of benzene rings is 1. The van der Waals surface area contributed by atoms with Gasteiger partial charge in [0, 0.05) is 17.5 Å². The van der Waals surface area contributed by atoms with Gasteiger partial charge in [0.05, 0.1) is 18.7 Å². The lowest BCUT2D eigenvalue weighted by Crippen LogP contribution is -2.37. The molecule has 0 radical (unpaired) electrons. The van der Waals surface area contributed by atoms with Crippen LogP contribution in [0, 0.1) is 0 Å². The molecule has 0 unspecified atom stereocenters. The molecule has 2 heterocycles. The fourth-order valence-corrected chi connectivity index (χ4v) is 3.33. The Hall–Kier alpha value is -2.94. The number of carbonyl (C=O) groups is 3. The van der Waals surface area contributed by atoms with Crippen molar-refractivity contribution in [2.75, 3.05) is 17.2 Å². The SMILES string of the molecule is CCOc1ccc(NC(=O)Cc2csc(NC(=O)[C@@H]3CCC(=O)N3)n2)cc1. The number of ether oxygens (including phenoxy) is 1. The molecule has 27 heavy (non-hydrogen) atoms. The Bertz CT molecular complexity index is 834. The van der Waals surface area contributed by atoms with Gasteiger partial charge in [-0.15, -0.1) is 11.3 Å². The summed E-state index contributed by atoms with van der Waals surface area (Å²) in [5, 5.41) is 10.2. The third-order valence-corrected chi connectivity index (χ3v) is 4.69. The summed E-state index contributed by atoms with van der Waals surface area (Å²) in [6.07, 6.45) is 0.931. The van der Waals surface area contributed by atoms with E-state index in [1.165, 1.54) is 11.3 Å². The first-order valence-corrected chi connectivity index (χ1v) is 9.49. The minimum Gasteiger partial charge on any atom is -0.494 e. The van der Waals surface area contributed by atoms with E-state index in [1.807, 2.05) is 6.92 Å². The zero-order chi connectivity index (χ0) is 19.2. The maximum Gasteiger partial charge on any atom is 0.248 e. The second-order valence-electron chi connectivity index (χ2n) is 5.97. The zero-order valence-electron chi connectivity index (χ0n) is 14.8. The monoisotopic (exact) mass is 388 g/mol. The molecule has 3 amide bonds. The van der Waals surface area contributed by atoms with Gasteiger partial charge in [0.1, 0.15) is 11.8 Å². The third kappa shape index (κ3) is 5.27. The van der Waals surface area contributed by atoms with Gasteiger partial charge in [-0.3, -0.25) is 14.4 Å². The van der Waals surface area contributed by atoms with Gasteiger partial charge < -0.3 is 20.7 Å². The number of thiazole rings is 1. The van der Waals surface area contributed by atoms with Crippen LogP contribution in [0.5, 0.6) is 5.75 Å². The van der Waals surface area contributed by atoms with Crippen LogP contribution in [0.2, 0.25) is 0 Å². The van der Waals surface area contributed by atoms with Crippen molar-refractivity contribution >= 4 is 39.9 Å². The molecule has 1 aromatic heterocycles. The van der Waals surface area contributed by atoms with E-state index in [0.29, 0.717) is 36.0 Å². The molecule has 0 saturated carbocycles. The molecule has 1 aliphatic rings. The summed E-state index contributed by atoms with van der Waals surface area (Å²) >= 11 is 1.24. The van der Waals surface area contributed by atoms with Gasteiger partial charge in [-0.05, 0) is 37.6 Å². The number of aromatic nitrogens is 1. The molecule has 1 atom stereocenters. The van der Waals surface area contributed by atoms with Crippen LogP contribution in [-0.4, -0.2) is 35.4 Å². The van der Waals surface area contributed by atoms with Gasteiger partial charge in [0.25, 0.3) is 0 Å². The van der Waals surface area contributed by atoms with Crippen molar-refractivity contribution in [3.63, 3.8) is 0 Å². The molecule has 8 nitrogen and oxygen atoms in total. The molecular weight excluding hydrogens is 368 g/mol. The predicted molar refractivity (Wildman–Crippen MR) is 102 cm³/mol. The zero-order valence-corrected chi connectivity index (χ0v) is 15.6. The molecule has 3 rings (SSSR count). The molecule has 1 aromatic carbocycles. The lowest BCUT2D eigenvalue weighted by Gasteiger charge is -2.08. The van der Waals surface area contributed by atoms with E-state index >= 15 is 0 Å². The van der Waals surface area contributed by atoms with E-state index in [0.717, 1.165) is 5.75 Å². The molecule has 0 spiro atoms. The minimum absolute atomic E-state index is 0.0970. The van der Waals surface area contributed by atoms with E-state index < -0.39 is 6.04 Å². The Kier molecular flexibility index (Phi) is 6.02. The Morgan fingerprint density at radius 3 is 2.74 bits per heavy atom. The van der Waals surface area contributed by atoms with Crippen LogP contribution in [0.3, 0.4) is 0 Å². The molecule has 3 N–H and O–H groups in total. The van der Waals surface area contributed by atoms with Gasteiger partial charge in [-0.1, -0.05) is 0 Å². The Morgan fingerprint density at radius 2 is 2.07 bits per heavy atom. The topological polar surface area (TPSA) is 109 Å². The number of hydrogen-bond acceptors (Lipinski definition) is 6. The highest BCUT2D eigenvalue weighted by Crippen LogP contribution is 2.19. The van der Waals surface area contributed by atoms with Crippen LogP contribution in [0.15, 0.2) is 29.6 Å². The van der Waals surface area contributed by atoms with Gasteiger partial charge >= 0.3 is 0 Å². The van der Waals surface area contributed by atoms with Crippen LogP contribution in [0.1, 0.15) is 25.5 Å². The number of nitrogens with zero attached hydrogens (tertiary/aromatic N) is 1. The lowest BCUT2D eigenvalue weighted by molar-refractivity contribution is -0.122. The maximum absolute atomic E-state index is 12.2. The van der Waals surface area contributed by atoms with E-state index in [4.69, 9.17) is 4.74 Å². The van der Waals surface area contributed by atoms with Gasteiger partial charge in [0.2, 0.25) is 17.7 Å². The number of rotatable bonds is 7. The van der Waals surface area contributed by atoms with Crippen molar-refractivity contribution in [2.45, 2.75) is 32.2 Å². The summed E-state index contributed by atoms with van der Waals surface area (Å²) < 4.78 is 5.36. The van der Waals surface area contributed by atoms with Crippen LogP contribution < -0.4 is 20.7 Å². The highest BCUT2D eigenvalue weighted by molar-refractivity contribution is 7.13. The summed E-state index contributed by atoms with van der Waals surface area (Å²) in [5.74, 6) is 0.126. The average molecular weight is 388 g/mol. The van der Waals surface area contributed by atoms with Crippen molar-refractivity contribution in [1.29, 1.82) is 0 Å². The molecular formula is C18H20N4O4S. The van der Waals surface area contributed by atoms with E-state index in [2.05, 4.69) is 20.9 Å². The molecule has 1 saturated heterocycles. The fourth-order valence-electron chi connectivity index (χ4n) is 2.62. The number of anilines is 2. The second kappa shape index (κ2) is 8.63. The molecule has 9 heteroatoms. The highest BCUT2D eigenvalue weighted by atomic mass is 32.1. The molecule has 1 aliphatic heterocycles. The summed E-state index contributed by atoms with van der Waals surface area (Å²) in [4.78, 5) is 39.7. The van der Waals surface area contributed by atoms with Gasteiger partial charge in [-0.25, -0.2) is 4.98 Å². The number of hydrogen-bond donors (Lipinski definition) is 3. The smallest absolute Gasteiger partial charge is 0.248 e. The third-order valence-electron chi connectivity index (χ3n) is 3.88. The Morgan fingerprint density at radius 1 is 1.30 bits per heavy atom. The summed E-state index contributed by atoms with van der Waals surface area (Å²) in [5.41, 5.74) is 1.23. The first-order chi connectivity index (χ1) is 13.0. The van der Waals surface area contributed by atoms with Gasteiger partial charge in [0.15, 0.2) is 5.13 Å². The number of carbonyl (C=O) groups excluding carboxylic acids is 3. The summed E-state index contributed by atoms with van der Waals surface area (Å²) in [6, 6.07) is 6.60. The normalized spacial score (nSPS) is 15.9. The van der Waals surface area contributed by atoms with Crippen LogP contribution in [0.4, 0.5) is 10.8 Å². The fraction of sp³-hybridized carbons (Fsp3) is 0.333. The molecule has 0 aliphatic carbocycles. The minimum atomic E-state index is -0.521. The summed E-state index contributed by atoms with van der Waals surface area (Å²) in [6.45, 7) is 2.49. The van der Waals surface area contributed by atoms with E-state index in [9.17, 15) is 14.4 Å². The Balaban J connectivity index is 1.50. The summed E-state index contributed by atoms with van der Waals surface area (Å²) in [7, 11) is 0. The molecule has 142 valence electrons. The van der Waals surface area contributed by atoms with Crippen LogP contribution in [0.25, 0.3) is 0 Å². The highest BCUT2D eigenvalue weighted by Gasteiger charge is 2.27. The van der Waals surface area contributed by atoms with Crippen molar-refractivity contribution < 1.29 is 19.1 Å². The molecule has 1 fully saturated rings. The van der Waals surface area contributed by atoms with E-state index in [1.54, 1.807) is 29.6 Å². The lowest BCUT2D eigenvalue weighted by atomic mass is 10.2. The first kappa shape index (κ1) is 18.8. The maximum atomic E-state index is 12.2. The number of amides is 3. The molecule has 0 bridgehead atoms. The van der Waals surface area contributed by atoms with Crippen molar-refractivity contribution in [3.8, 4) is 5.75 Å². The van der Waals surface area contributed by atoms with E-state index in [-0.39, 0.29) is 24.1 Å². The molecule has 2 aromatic rings. The standard InChI is InChI=1S/C18H20N4O4S/c1-2-26-13-5-3-11(4-6-13)19-16(24)9-12-10-27-18(20-12)22-17(25)14-7-8-15(23)21-14/h3-6,10,14H,2,7-9H2,1H3,(H,19,24)(H,21,23)(H,20,22,25)/t14-/m0/s1. The van der Waals surface area contributed by atoms with Crippen molar-refractivity contribution in [3.05, 3.63) is 35.3 Å². The second-order valence-corrected chi connectivity index (χ2v) is 6.83. The van der Waals surface area contributed by atoms with Crippen molar-refractivity contribution in [1.82, 2.24) is 10.3 Å². The predicted octanol–water partition coefficient (Wildman–Crippen LogP) is 1.94.